The molecular formula is C20H25FN2OS. The van der Waals surface area contributed by atoms with Crippen molar-refractivity contribution in [2.24, 2.45) is 0 Å². The third-order valence-electron chi connectivity index (χ3n) is 4.00. The van der Waals surface area contributed by atoms with Crippen LogP contribution in [0.2, 0.25) is 0 Å². The van der Waals surface area contributed by atoms with Gasteiger partial charge in [0.15, 0.2) is 0 Å². The molecule has 2 aromatic rings. The summed E-state index contributed by atoms with van der Waals surface area (Å²) in [5.41, 5.74) is 2.37. The molecule has 5 heteroatoms. The number of thioether (sulfide) groups is 1. The molecule has 0 aliphatic carbocycles. The minimum absolute atomic E-state index is 0.0263. The van der Waals surface area contributed by atoms with E-state index in [9.17, 15) is 9.18 Å². The van der Waals surface area contributed by atoms with E-state index in [2.05, 4.69) is 48.3 Å². The molecule has 25 heavy (non-hydrogen) atoms. The number of nitrogens with one attached hydrogen (secondary N) is 1. The molecule has 2 rings (SSSR count). The minimum Gasteiger partial charge on any atom is -0.351 e. The quantitative estimate of drug-likeness (QED) is 0.684. The van der Waals surface area contributed by atoms with Crippen LogP contribution < -0.4 is 5.32 Å². The van der Waals surface area contributed by atoms with Gasteiger partial charge in [0, 0.05) is 18.0 Å². The molecule has 1 amide bonds. The van der Waals surface area contributed by atoms with Crippen LogP contribution in [-0.2, 0) is 17.9 Å². The molecule has 134 valence electrons. The molecule has 0 atom stereocenters. The normalized spacial score (nSPS) is 10.9. The Bertz CT molecular complexity index is 654. The lowest BCUT2D eigenvalue weighted by molar-refractivity contribution is -0.118. The number of hydrogen-bond donors (Lipinski definition) is 1. The van der Waals surface area contributed by atoms with E-state index in [1.807, 2.05) is 0 Å². The van der Waals surface area contributed by atoms with Crippen molar-refractivity contribution in [1.29, 1.82) is 0 Å². The molecule has 0 aliphatic rings. The van der Waals surface area contributed by atoms with Crippen molar-refractivity contribution in [1.82, 2.24) is 10.2 Å². The second-order valence-electron chi connectivity index (χ2n) is 5.80. The molecule has 0 aliphatic heterocycles. The first kappa shape index (κ1) is 19.5. The fraction of sp³-hybridized carbons (Fsp3) is 0.350. The molecule has 0 saturated heterocycles. The molecule has 0 saturated carbocycles. The molecule has 0 spiro atoms. The summed E-state index contributed by atoms with van der Waals surface area (Å²) < 4.78 is 12.8. The zero-order valence-corrected chi connectivity index (χ0v) is 15.6. The Morgan fingerprint density at radius 2 is 1.60 bits per heavy atom. The first-order chi connectivity index (χ1) is 12.1. The lowest BCUT2D eigenvalue weighted by Gasteiger charge is -2.18. The largest absolute Gasteiger partial charge is 0.351 e. The van der Waals surface area contributed by atoms with Crippen LogP contribution in [0.15, 0.2) is 53.4 Å². The second kappa shape index (κ2) is 10.2. The smallest absolute Gasteiger partial charge is 0.230 e. The number of rotatable bonds is 9. The maximum Gasteiger partial charge on any atom is 0.230 e. The molecule has 0 heterocycles. The van der Waals surface area contributed by atoms with Gasteiger partial charge in [0.25, 0.3) is 0 Å². The van der Waals surface area contributed by atoms with Crippen LogP contribution in [0.3, 0.4) is 0 Å². The molecule has 1 N–H and O–H groups in total. The van der Waals surface area contributed by atoms with Gasteiger partial charge in [0.05, 0.1) is 5.75 Å². The molecule has 0 bridgehead atoms. The Balaban J connectivity index is 1.74. The SMILES string of the molecule is CCN(CC)Cc1ccc(CNC(=O)CSc2ccc(F)cc2)cc1. The van der Waals surface area contributed by atoms with Crippen LogP contribution >= 0.6 is 11.8 Å². The van der Waals surface area contributed by atoms with Gasteiger partial charge >= 0.3 is 0 Å². The molecule has 2 aromatic carbocycles. The van der Waals surface area contributed by atoms with Crippen LogP contribution in [0.25, 0.3) is 0 Å². The van der Waals surface area contributed by atoms with Crippen LogP contribution in [0.4, 0.5) is 4.39 Å². The van der Waals surface area contributed by atoms with Gasteiger partial charge in [0.2, 0.25) is 5.91 Å². The lowest BCUT2D eigenvalue weighted by Crippen LogP contribution is -2.24. The summed E-state index contributed by atoms with van der Waals surface area (Å²) >= 11 is 1.40. The number of amides is 1. The standard InChI is InChI=1S/C20H25FN2OS/c1-3-23(4-2)14-17-7-5-16(6-8-17)13-22-20(24)15-25-19-11-9-18(21)10-12-19/h5-12H,3-4,13-15H2,1-2H3,(H,22,24). The van der Waals surface area contributed by atoms with Crippen molar-refractivity contribution in [3.8, 4) is 0 Å². The summed E-state index contributed by atoms with van der Waals surface area (Å²) in [7, 11) is 0. The van der Waals surface area contributed by atoms with E-state index in [4.69, 9.17) is 0 Å². The summed E-state index contributed by atoms with van der Waals surface area (Å²) in [6, 6.07) is 14.5. The molecular weight excluding hydrogens is 335 g/mol. The fourth-order valence-corrected chi connectivity index (χ4v) is 3.13. The van der Waals surface area contributed by atoms with E-state index in [1.54, 1.807) is 12.1 Å². The summed E-state index contributed by atoms with van der Waals surface area (Å²) in [5, 5.41) is 2.92. The highest BCUT2D eigenvalue weighted by atomic mass is 32.2. The van der Waals surface area contributed by atoms with Crippen molar-refractivity contribution in [2.75, 3.05) is 18.8 Å². The third-order valence-corrected chi connectivity index (χ3v) is 5.01. The van der Waals surface area contributed by atoms with E-state index in [0.717, 1.165) is 30.1 Å². The number of carbonyl (C=O) groups excluding carboxylic acids is 1. The van der Waals surface area contributed by atoms with Crippen molar-refractivity contribution in [2.45, 2.75) is 31.8 Å². The summed E-state index contributed by atoms with van der Waals surface area (Å²) in [5.74, 6) is 0.0332. The van der Waals surface area contributed by atoms with E-state index < -0.39 is 0 Å². The first-order valence-corrected chi connectivity index (χ1v) is 9.54. The number of carbonyl (C=O) groups is 1. The maximum atomic E-state index is 12.8. The van der Waals surface area contributed by atoms with Crippen LogP contribution in [-0.4, -0.2) is 29.6 Å². The van der Waals surface area contributed by atoms with E-state index >= 15 is 0 Å². The minimum atomic E-state index is -0.266. The van der Waals surface area contributed by atoms with Gasteiger partial charge in [-0.1, -0.05) is 38.1 Å². The molecule has 0 aromatic heterocycles. The van der Waals surface area contributed by atoms with Crippen molar-refractivity contribution in [3.63, 3.8) is 0 Å². The molecule has 3 nitrogen and oxygen atoms in total. The Kier molecular flexibility index (Phi) is 7.95. The molecule has 0 unspecified atom stereocenters. The summed E-state index contributed by atoms with van der Waals surface area (Å²) in [6.07, 6.45) is 0. The van der Waals surface area contributed by atoms with Crippen molar-refractivity contribution >= 4 is 17.7 Å². The Morgan fingerprint density at radius 1 is 1.00 bits per heavy atom. The highest BCUT2D eigenvalue weighted by molar-refractivity contribution is 8.00. The van der Waals surface area contributed by atoms with Gasteiger partial charge in [-0.05, 0) is 48.5 Å². The highest BCUT2D eigenvalue weighted by Crippen LogP contribution is 2.17. The van der Waals surface area contributed by atoms with Gasteiger partial charge < -0.3 is 5.32 Å². The zero-order chi connectivity index (χ0) is 18.1. The predicted molar refractivity (Wildman–Crippen MR) is 102 cm³/mol. The van der Waals surface area contributed by atoms with Gasteiger partial charge in [-0.3, -0.25) is 9.69 Å². The lowest BCUT2D eigenvalue weighted by atomic mass is 10.1. The second-order valence-corrected chi connectivity index (χ2v) is 6.85. The highest BCUT2D eigenvalue weighted by Gasteiger charge is 2.04. The third kappa shape index (κ3) is 6.88. The van der Waals surface area contributed by atoms with E-state index in [1.165, 1.54) is 29.5 Å². The predicted octanol–water partition coefficient (Wildman–Crippen LogP) is 4.08. The maximum absolute atomic E-state index is 12.8. The Labute approximate surface area is 153 Å². The number of nitrogens with zero attached hydrogens (tertiary/aromatic N) is 1. The average molecular weight is 360 g/mol. The number of halogens is 1. The van der Waals surface area contributed by atoms with Gasteiger partial charge in [-0.15, -0.1) is 11.8 Å². The monoisotopic (exact) mass is 360 g/mol. The van der Waals surface area contributed by atoms with Gasteiger partial charge in [0.1, 0.15) is 5.82 Å². The van der Waals surface area contributed by atoms with Crippen LogP contribution in [0.5, 0.6) is 0 Å². The van der Waals surface area contributed by atoms with E-state index in [0.29, 0.717) is 12.3 Å². The summed E-state index contributed by atoms with van der Waals surface area (Å²) in [4.78, 5) is 15.2. The first-order valence-electron chi connectivity index (χ1n) is 8.56. The Hall–Kier alpha value is -1.85. The van der Waals surface area contributed by atoms with Gasteiger partial charge in [-0.25, -0.2) is 4.39 Å². The number of benzene rings is 2. The average Bonchev–Trinajstić information content (AvgIpc) is 2.65. The van der Waals surface area contributed by atoms with Gasteiger partial charge in [-0.2, -0.15) is 0 Å². The summed E-state index contributed by atoms with van der Waals surface area (Å²) in [6.45, 7) is 7.89. The number of hydrogen-bond acceptors (Lipinski definition) is 3. The fourth-order valence-electron chi connectivity index (χ4n) is 2.40. The Morgan fingerprint density at radius 3 is 2.20 bits per heavy atom. The molecule has 0 radical (unpaired) electrons. The van der Waals surface area contributed by atoms with Crippen molar-refractivity contribution in [3.05, 3.63) is 65.5 Å². The zero-order valence-electron chi connectivity index (χ0n) is 14.8. The molecule has 0 fully saturated rings. The van der Waals surface area contributed by atoms with Crippen LogP contribution in [0.1, 0.15) is 25.0 Å². The topological polar surface area (TPSA) is 32.3 Å². The van der Waals surface area contributed by atoms with E-state index in [-0.39, 0.29) is 11.7 Å². The van der Waals surface area contributed by atoms with Crippen molar-refractivity contribution < 1.29 is 9.18 Å². The van der Waals surface area contributed by atoms with Crippen LogP contribution in [0, 0.1) is 5.82 Å².